The van der Waals surface area contributed by atoms with Gasteiger partial charge in [0.05, 0.1) is 17.1 Å². The van der Waals surface area contributed by atoms with E-state index in [-0.39, 0.29) is 17.5 Å². The molecule has 0 unspecified atom stereocenters. The van der Waals surface area contributed by atoms with Crippen LogP contribution in [0.5, 0.6) is 0 Å². The topological polar surface area (TPSA) is 92.9 Å². The van der Waals surface area contributed by atoms with Crippen LogP contribution in [-0.2, 0) is 4.79 Å². The zero-order chi connectivity index (χ0) is 17.1. The van der Waals surface area contributed by atoms with Crippen LogP contribution in [0.15, 0.2) is 42.7 Å². The Hall–Kier alpha value is -2.77. The van der Waals surface area contributed by atoms with Gasteiger partial charge in [0.25, 0.3) is 0 Å². The van der Waals surface area contributed by atoms with E-state index in [2.05, 4.69) is 20.6 Å². The second-order valence-corrected chi connectivity index (χ2v) is 5.37. The van der Waals surface area contributed by atoms with E-state index < -0.39 is 5.82 Å². The quantitative estimate of drug-likeness (QED) is 0.675. The maximum absolute atomic E-state index is 13.3. The van der Waals surface area contributed by atoms with Gasteiger partial charge in [-0.2, -0.15) is 0 Å². The number of nitrogens with zero attached hydrogens (tertiary/aromatic N) is 2. The van der Waals surface area contributed by atoms with Gasteiger partial charge in [0.2, 0.25) is 5.91 Å². The Morgan fingerprint density at radius 3 is 2.71 bits per heavy atom. The molecule has 1 amide bonds. The summed E-state index contributed by atoms with van der Waals surface area (Å²) in [5, 5.41) is 6.44. The van der Waals surface area contributed by atoms with E-state index in [1.165, 1.54) is 18.5 Å². The standard InChI is InChI=1S/C16H13ClFN5O/c17-12-6-10(1-3-13(12)18)23-16-11-5-9(22-15(24)7-19)2-4-14(11)20-8-21-16/h1-6,8H,7,19H2,(H,22,24)(H,20,21,23). The summed E-state index contributed by atoms with van der Waals surface area (Å²) >= 11 is 5.79. The summed E-state index contributed by atoms with van der Waals surface area (Å²) in [6.07, 6.45) is 1.41. The number of carbonyl (C=O) groups excluding carboxylic acids is 1. The van der Waals surface area contributed by atoms with Gasteiger partial charge in [-0.05, 0) is 36.4 Å². The minimum atomic E-state index is -0.499. The van der Waals surface area contributed by atoms with Crippen molar-refractivity contribution in [1.29, 1.82) is 0 Å². The van der Waals surface area contributed by atoms with E-state index in [9.17, 15) is 9.18 Å². The first-order valence-corrected chi connectivity index (χ1v) is 7.41. The van der Waals surface area contributed by atoms with E-state index in [1.54, 1.807) is 24.3 Å². The lowest BCUT2D eigenvalue weighted by molar-refractivity contribution is -0.114. The molecule has 0 saturated heterocycles. The molecule has 0 spiro atoms. The molecule has 2 aromatic carbocycles. The van der Waals surface area contributed by atoms with Crippen LogP contribution in [0.1, 0.15) is 0 Å². The monoisotopic (exact) mass is 345 g/mol. The van der Waals surface area contributed by atoms with Crippen molar-refractivity contribution in [2.24, 2.45) is 5.73 Å². The number of halogens is 2. The molecule has 0 fully saturated rings. The maximum Gasteiger partial charge on any atom is 0.238 e. The second kappa shape index (κ2) is 6.77. The fourth-order valence-electron chi connectivity index (χ4n) is 2.16. The molecule has 1 heterocycles. The summed E-state index contributed by atoms with van der Waals surface area (Å²) < 4.78 is 13.3. The van der Waals surface area contributed by atoms with E-state index in [0.29, 0.717) is 28.1 Å². The molecular weight excluding hydrogens is 333 g/mol. The van der Waals surface area contributed by atoms with Crippen LogP contribution in [0.3, 0.4) is 0 Å². The molecule has 0 aliphatic carbocycles. The van der Waals surface area contributed by atoms with Gasteiger partial charge in [-0.15, -0.1) is 0 Å². The molecule has 3 aromatic rings. The van der Waals surface area contributed by atoms with Crippen LogP contribution in [0.4, 0.5) is 21.6 Å². The average molecular weight is 346 g/mol. The Morgan fingerprint density at radius 2 is 1.96 bits per heavy atom. The SMILES string of the molecule is NCC(=O)Nc1ccc2ncnc(Nc3ccc(F)c(Cl)c3)c2c1. The highest BCUT2D eigenvalue weighted by molar-refractivity contribution is 6.31. The highest BCUT2D eigenvalue weighted by Gasteiger charge is 2.08. The van der Waals surface area contributed by atoms with Gasteiger partial charge in [-0.3, -0.25) is 4.79 Å². The van der Waals surface area contributed by atoms with Crippen molar-refractivity contribution in [1.82, 2.24) is 9.97 Å². The smallest absolute Gasteiger partial charge is 0.238 e. The Bertz CT molecular complexity index is 918. The molecule has 0 saturated carbocycles. The minimum absolute atomic E-state index is 0.00857. The lowest BCUT2D eigenvalue weighted by atomic mass is 10.2. The molecule has 0 aliphatic rings. The Labute approximate surface area is 141 Å². The molecule has 0 radical (unpaired) electrons. The first kappa shape index (κ1) is 16.1. The molecule has 122 valence electrons. The summed E-state index contributed by atoms with van der Waals surface area (Å²) in [5.41, 5.74) is 7.14. The van der Waals surface area contributed by atoms with Crippen molar-refractivity contribution in [2.45, 2.75) is 0 Å². The van der Waals surface area contributed by atoms with Gasteiger partial charge in [0.1, 0.15) is 18.0 Å². The molecule has 8 heteroatoms. The number of carbonyl (C=O) groups is 1. The van der Waals surface area contributed by atoms with Gasteiger partial charge in [0, 0.05) is 16.8 Å². The molecule has 0 atom stereocenters. The number of fused-ring (bicyclic) bond motifs is 1. The highest BCUT2D eigenvalue weighted by Crippen LogP contribution is 2.27. The fourth-order valence-corrected chi connectivity index (χ4v) is 2.34. The zero-order valence-electron chi connectivity index (χ0n) is 12.4. The number of amides is 1. The third-order valence-electron chi connectivity index (χ3n) is 3.29. The third-order valence-corrected chi connectivity index (χ3v) is 3.58. The second-order valence-electron chi connectivity index (χ2n) is 4.96. The van der Waals surface area contributed by atoms with Crippen LogP contribution in [0, 0.1) is 5.82 Å². The number of anilines is 3. The molecule has 3 rings (SSSR count). The maximum atomic E-state index is 13.3. The predicted molar refractivity (Wildman–Crippen MR) is 91.9 cm³/mol. The van der Waals surface area contributed by atoms with Gasteiger partial charge in [0.15, 0.2) is 0 Å². The van der Waals surface area contributed by atoms with E-state index in [4.69, 9.17) is 17.3 Å². The molecule has 4 N–H and O–H groups in total. The lowest BCUT2D eigenvalue weighted by Gasteiger charge is -2.10. The van der Waals surface area contributed by atoms with Gasteiger partial charge in [-0.1, -0.05) is 11.6 Å². The Morgan fingerprint density at radius 1 is 1.17 bits per heavy atom. The van der Waals surface area contributed by atoms with Crippen molar-refractivity contribution < 1.29 is 9.18 Å². The number of nitrogens with one attached hydrogen (secondary N) is 2. The Balaban J connectivity index is 1.98. The van der Waals surface area contributed by atoms with Crippen molar-refractivity contribution in [2.75, 3.05) is 17.2 Å². The van der Waals surface area contributed by atoms with Crippen molar-refractivity contribution in [3.63, 3.8) is 0 Å². The van der Waals surface area contributed by atoms with Gasteiger partial charge >= 0.3 is 0 Å². The summed E-state index contributed by atoms with van der Waals surface area (Å²) in [7, 11) is 0. The first-order chi connectivity index (χ1) is 11.6. The number of rotatable bonds is 4. The molecule has 24 heavy (non-hydrogen) atoms. The number of benzene rings is 2. The van der Waals surface area contributed by atoms with Gasteiger partial charge in [-0.25, -0.2) is 14.4 Å². The Kier molecular flexibility index (Phi) is 4.54. The molecule has 0 aliphatic heterocycles. The third kappa shape index (κ3) is 3.42. The summed E-state index contributed by atoms with van der Waals surface area (Å²) in [5.74, 6) is -0.293. The highest BCUT2D eigenvalue weighted by atomic mass is 35.5. The molecular formula is C16H13ClFN5O. The summed E-state index contributed by atoms with van der Waals surface area (Å²) in [4.78, 5) is 19.8. The summed E-state index contributed by atoms with van der Waals surface area (Å²) in [6, 6.07) is 9.49. The van der Waals surface area contributed by atoms with Crippen LogP contribution in [-0.4, -0.2) is 22.4 Å². The van der Waals surface area contributed by atoms with Crippen molar-refractivity contribution in [3.05, 3.63) is 53.6 Å². The number of aromatic nitrogens is 2. The number of hydrogen-bond donors (Lipinski definition) is 3. The molecule has 0 bridgehead atoms. The fraction of sp³-hybridized carbons (Fsp3) is 0.0625. The molecule has 6 nitrogen and oxygen atoms in total. The van der Waals surface area contributed by atoms with Crippen LogP contribution < -0.4 is 16.4 Å². The van der Waals surface area contributed by atoms with E-state index in [1.807, 2.05) is 0 Å². The first-order valence-electron chi connectivity index (χ1n) is 7.03. The summed E-state index contributed by atoms with van der Waals surface area (Å²) in [6.45, 7) is -0.109. The van der Waals surface area contributed by atoms with Gasteiger partial charge < -0.3 is 16.4 Å². The van der Waals surface area contributed by atoms with Crippen LogP contribution >= 0.6 is 11.6 Å². The normalized spacial score (nSPS) is 10.6. The van der Waals surface area contributed by atoms with Crippen LogP contribution in [0.2, 0.25) is 5.02 Å². The molecule has 1 aromatic heterocycles. The van der Waals surface area contributed by atoms with Crippen molar-refractivity contribution >= 4 is 45.6 Å². The van der Waals surface area contributed by atoms with Crippen LogP contribution in [0.25, 0.3) is 10.9 Å². The van der Waals surface area contributed by atoms with E-state index in [0.717, 1.165) is 0 Å². The number of nitrogens with two attached hydrogens (primary N) is 1. The average Bonchev–Trinajstić information content (AvgIpc) is 2.58. The van der Waals surface area contributed by atoms with E-state index >= 15 is 0 Å². The minimum Gasteiger partial charge on any atom is -0.340 e. The van der Waals surface area contributed by atoms with Crippen molar-refractivity contribution in [3.8, 4) is 0 Å². The number of hydrogen-bond acceptors (Lipinski definition) is 5. The largest absolute Gasteiger partial charge is 0.340 e. The zero-order valence-corrected chi connectivity index (χ0v) is 13.1. The predicted octanol–water partition coefficient (Wildman–Crippen LogP) is 3.06. The lowest BCUT2D eigenvalue weighted by Crippen LogP contribution is -2.21.